The van der Waals surface area contributed by atoms with E-state index in [1.165, 1.54) is 28.8 Å². The molecule has 0 radical (unpaired) electrons. The van der Waals surface area contributed by atoms with Gasteiger partial charge in [-0.3, -0.25) is 9.69 Å². The molecule has 0 fully saturated rings. The Balaban J connectivity index is 1.55. The first-order valence-electron chi connectivity index (χ1n) is 9.79. The normalized spacial score (nSPS) is 14.6. The highest BCUT2D eigenvalue weighted by Crippen LogP contribution is 2.30. The minimum absolute atomic E-state index is 0.236. The third-order valence-electron chi connectivity index (χ3n) is 5.61. The van der Waals surface area contributed by atoms with Gasteiger partial charge < -0.3 is 4.98 Å². The zero-order valence-corrected chi connectivity index (χ0v) is 16.8. The minimum atomic E-state index is -4.39. The van der Waals surface area contributed by atoms with E-state index in [1.807, 2.05) is 0 Å². The molecule has 0 unspecified atom stereocenters. The van der Waals surface area contributed by atoms with Crippen LogP contribution in [0.15, 0.2) is 47.3 Å². The maximum Gasteiger partial charge on any atom is 0.416 e. The van der Waals surface area contributed by atoms with Crippen molar-refractivity contribution >= 4 is 0 Å². The smallest absolute Gasteiger partial charge is 0.306 e. The van der Waals surface area contributed by atoms with Crippen molar-refractivity contribution in [2.45, 2.75) is 39.5 Å². The van der Waals surface area contributed by atoms with Gasteiger partial charge in [0.15, 0.2) is 0 Å². The van der Waals surface area contributed by atoms with E-state index < -0.39 is 11.7 Å². The van der Waals surface area contributed by atoms with Gasteiger partial charge in [-0.05, 0) is 42.7 Å². The predicted octanol–water partition coefficient (Wildman–Crippen LogP) is 4.63. The predicted molar refractivity (Wildman–Crippen MR) is 109 cm³/mol. The highest BCUT2D eigenvalue weighted by Gasteiger charge is 2.30. The van der Waals surface area contributed by atoms with Crippen molar-refractivity contribution in [3.63, 3.8) is 0 Å². The van der Waals surface area contributed by atoms with Crippen LogP contribution >= 0.6 is 0 Å². The number of aromatic amines is 1. The molecule has 0 saturated carbocycles. The number of nitrogens with zero attached hydrogens (tertiary/aromatic N) is 2. The third kappa shape index (κ3) is 4.16. The molecule has 2 aromatic carbocycles. The number of aryl methyl sites for hydroxylation is 2. The maximum atomic E-state index is 12.8. The fourth-order valence-electron chi connectivity index (χ4n) is 3.73. The number of hydrogen-bond acceptors (Lipinski definition) is 3. The van der Waals surface area contributed by atoms with Gasteiger partial charge in [-0.25, -0.2) is 4.98 Å². The SMILES string of the molecule is Cc1ccc(CN2CCc3nc(-c4ccc(C(F)(F)F)cc4)[nH]c(=O)c3C2)cc1C. The van der Waals surface area contributed by atoms with Crippen LogP contribution in [0, 0.1) is 13.8 Å². The fourth-order valence-corrected chi connectivity index (χ4v) is 3.73. The second-order valence-corrected chi connectivity index (χ2v) is 7.79. The average Bonchev–Trinajstić information content (AvgIpc) is 2.70. The van der Waals surface area contributed by atoms with Crippen LogP contribution in [-0.2, 0) is 25.7 Å². The zero-order chi connectivity index (χ0) is 21.5. The quantitative estimate of drug-likeness (QED) is 0.681. The summed E-state index contributed by atoms with van der Waals surface area (Å²) >= 11 is 0. The van der Waals surface area contributed by atoms with Crippen molar-refractivity contribution in [1.29, 1.82) is 0 Å². The summed E-state index contributed by atoms with van der Waals surface area (Å²) in [7, 11) is 0. The van der Waals surface area contributed by atoms with Crippen LogP contribution in [0.25, 0.3) is 11.4 Å². The van der Waals surface area contributed by atoms with Crippen LogP contribution in [0.2, 0.25) is 0 Å². The van der Waals surface area contributed by atoms with Gasteiger partial charge in [0.2, 0.25) is 0 Å². The summed E-state index contributed by atoms with van der Waals surface area (Å²) in [5.74, 6) is 0.301. The lowest BCUT2D eigenvalue weighted by molar-refractivity contribution is -0.137. The zero-order valence-electron chi connectivity index (χ0n) is 16.8. The Hall–Kier alpha value is -2.93. The van der Waals surface area contributed by atoms with Gasteiger partial charge in [0.1, 0.15) is 5.82 Å². The van der Waals surface area contributed by atoms with Crippen molar-refractivity contribution in [2.75, 3.05) is 6.54 Å². The molecule has 7 heteroatoms. The summed E-state index contributed by atoms with van der Waals surface area (Å²) < 4.78 is 38.3. The van der Waals surface area contributed by atoms with E-state index in [0.717, 1.165) is 25.2 Å². The van der Waals surface area contributed by atoms with Crippen LogP contribution < -0.4 is 5.56 Å². The molecule has 1 aliphatic rings. The van der Waals surface area contributed by atoms with E-state index in [1.54, 1.807) is 0 Å². The standard InChI is InChI=1S/C23H22F3N3O/c1-14-3-4-16(11-15(14)2)12-29-10-9-20-19(13-29)22(30)28-21(27-20)17-5-7-18(8-6-17)23(24,25)26/h3-8,11H,9-10,12-13H2,1-2H3,(H,27,28,30). The van der Waals surface area contributed by atoms with Gasteiger partial charge in [0.05, 0.1) is 16.8 Å². The lowest BCUT2D eigenvalue weighted by Gasteiger charge is -2.28. The number of alkyl halides is 3. The van der Waals surface area contributed by atoms with E-state index >= 15 is 0 Å². The Labute approximate surface area is 172 Å². The van der Waals surface area contributed by atoms with Crippen LogP contribution in [0.5, 0.6) is 0 Å². The number of hydrogen-bond donors (Lipinski definition) is 1. The summed E-state index contributed by atoms with van der Waals surface area (Å²) in [6.07, 6.45) is -3.77. The highest BCUT2D eigenvalue weighted by molar-refractivity contribution is 5.56. The Kier molecular flexibility index (Phi) is 5.24. The molecular weight excluding hydrogens is 391 g/mol. The molecule has 2 heterocycles. The molecule has 0 saturated heterocycles. The van der Waals surface area contributed by atoms with Gasteiger partial charge >= 0.3 is 6.18 Å². The summed E-state index contributed by atoms with van der Waals surface area (Å²) in [4.78, 5) is 22.2. The molecule has 0 amide bonds. The summed E-state index contributed by atoms with van der Waals surface area (Å²) in [6, 6.07) is 11.0. The Morgan fingerprint density at radius 1 is 1.07 bits per heavy atom. The van der Waals surface area contributed by atoms with E-state index in [4.69, 9.17) is 0 Å². The molecule has 0 aliphatic carbocycles. The van der Waals surface area contributed by atoms with Crippen molar-refractivity contribution < 1.29 is 13.2 Å². The van der Waals surface area contributed by atoms with Gasteiger partial charge in [-0.15, -0.1) is 0 Å². The number of halogens is 3. The first-order valence-corrected chi connectivity index (χ1v) is 9.79. The Morgan fingerprint density at radius 3 is 2.47 bits per heavy atom. The molecule has 1 aliphatic heterocycles. The van der Waals surface area contributed by atoms with Crippen molar-refractivity contribution in [3.8, 4) is 11.4 Å². The highest BCUT2D eigenvalue weighted by atomic mass is 19.4. The maximum absolute atomic E-state index is 12.8. The molecule has 30 heavy (non-hydrogen) atoms. The Bertz CT molecular complexity index is 1130. The number of rotatable bonds is 3. The fraction of sp³-hybridized carbons (Fsp3) is 0.304. The van der Waals surface area contributed by atoms with Crippen LogP contribution in [-0.4, -0.2) is 21.4 Å². The third-order valence-corrected chi connectivity index (χ3v) is 5.61. The summed E-state index contributed by atoms with van der Waals surface area (Å²) in [6.45, 7) is 6.18. The first-order chi connectivity index (χ1) is 14.2. The first kappa shape index (κ1) is 20.3. The lowest BCUT2D eigenvalue weighted by atomic mass is 10.0. The van der Waals surface area contributed by atoms with Gasteiger partial charge in [-0.1, -0.05) is 30.3 Å². The molecule has 4 rings (SSSR count). The van der Waals surface area contributed by atoms with Crippen molar-refractivity contribution in [1.82, 2.24) is 14.9 Å². The van der Waals surface area contributed by atoms with Crippen molar-refractivity contribution in [3.05, 3.63) is 86.3 Å². The molecule has 3 aromatic rings. The number of nitrogens with one attached hydrogen (secondary N) is 1. The number of H-pyrrole nitrogens is 1. The minimum Gasteiger partial charge on any atom is -0.306 e. The van der Waals surface area contributed by atoms with Crippen LogP contribution in [0.4, 0.5) is 13.2 Å². The van der Waals surface area contributed by atoms with E-state index in [2.05, 4.69) is 46.9 Å². The molecule has 0 atom stereocenters. The summed E-state index contributed by atoms with van der Waals surface area (Å²) in [5, 5.41) is 0. The number of aromatic nitrogens is 2. The lowest BCUT2D eigenvalue weighted by Crippen LogP contribution is -2.35. The number of fused-ring (bicyclic) bond motifs is 1. The largest absolute Gasteiger partial charge is 0.416 e. The van der Waals surface area contributed by atoms with Gasteiger partial charge in [0, 0.05) is 31.6 Å². The van der Waals surface area contributed by atoms with Crippen LogP contribution in [0.1, 0.15) is 33.5 Å². The molecular formula is C23H22F3N3O. The average molecular weight is 413 g/mol. The molecule has 1 aromatic heterocycles. The van der Waals surface area contributed by atoms with Crippen molar-refractivity contribution in [2.24, 2.45) is 0 Å². The molecule has 0 spiro atoms. The van der Waals surface area contributed by atoms with Gasteiger partial charge in [-0.2, -0.15) is 13.2 Å². The molecule has 156 valence electrons. The van der Waals surface area contributed by atoms with E-state index in [9.17, 15) is 18.0 Å². The monoisotopic (exact) mass is 413 g/mol. The number of benzene rings is 2. The molecule has 1 N–H and O–H groups in total. The van der Waals surface area contributed by atoms with E-state index in [-0.39, 0.29) is 5.56 Å². The summed E-state index contributed by atoms with van der Waals surface area (Å²) in [5.41, 5.74) is 4.52. The van der Waals surface area contributed by atoms with Crippen LogP contribution in [0.3, 0.4) is 0 Å². The molecule has 0 bridgehead atoms. The Morgan fingerprint density at radius 2 is 1.80 bits per heavy atom. The van der Waals surface area contributed by atoms with E-state index in [0.29, 0.717) is 35.6 Å². The second-order valence-electron chi connectivity index (χ2n) is 7.79. The second kappa shape index (κ2) is 7.72. The van der Waals surface area contributed by atoms with Gasteiger partial charge in [0.25, 0.3) is 5.56 Å². The topological polar surface area (TPSA) is 49.0 Å². The molecule has 4 nitrogen and oxygen atoms in total.